The quantitative estimate of drug-likeness (QED) is 0.839. The molecule has 1 heterocycles. The average molecular weight is 261 g/mol. The van der Waals surface area contributed by atoms with E-state index in [1.807, 2.05) is 13.8 Å². The highest BCUT2D eigenvalue weighted by Crippen LogP contribution is 2.11. The third kappa shape index (κ3) is 2.83. The molecule has 1 aromatic heterocycles. The standard InChI is InChI=1S/C9H13BrN2O2/c1-6-8(7(2)14-12-6)5-11-9(13)3-4-10/h3-5H2,1-2H3,(H,11,13). The van der Waals surface area contributed by atoms with Crippen molar-refractivity contribution in [3.63, 3.8) is 0 Å². The monoisotopic (exact) mass is 260 g/mol. The summed E-state index contributed by atoms with van der Waals surface area (Å²) in [5.74, 6) is 0.795. The zero-order chi connectivity index (χ0) is 10.6. The average Bonchev–Trinajstić information content (AvgIpc) is 2.44. The lowest BCUT2D eigenvalue weighted by molar-refractivity contribution is -0.120. The van der Waals surface area contributed by atoms with Crippen molar-refractivity contribution >= 4 is 21.8 Å². The summed E-state index contributed by atoms with van der Waals surface area (Å²) in [5.41, 5.74) is 1.80. The fourth-order valence-electron chi connectivity index (χ4n) is 1.12. The number of halogens is 1. The lowest BCUT2D eigenvalue weighted by atomic mass is 10.2. The van der Waals surface area contributed by atoms with E-state index in [-0.39, 0.29) is 5.91 Å². The van der Waals surface area contributed by atoms with Gasteiger partial charge in [-0.05, 0) is 13.8 Å². The van der Waals surface area contributed by atoms with Crippen LogP contribution in [0.3, 0.4) is 0 Å². The number of hydrogen-bond donors (Lipinski definition) is 1. The van der Waals surface area contributed by atoms with E-state index in [1.165, 1.54) is 0 Å². The number of carbonyl (C=O) groups is 1. The van der Waals surface area contributed by atoms with Crippen molar-refractivity contribution < 1.29 is 9.32 Å². The number of amides is 1. The van der Waals surface area contributed by atoms with Crippen molar-refractivity contribution in [3.05, 3.63) is 17.0 Å². The number of aromatic nitrogens is 1. The minimum atomic E-state index is 0.0295. The maximum absolute atomic E-state index is 11.2. The molecule has 0 spiro atoms. The van der Waals surface area contributed by atoms with Gasteiger partial charge in [-0.1, -0.05) is 21.1 Å². The Morgan fingerprint density at radius 3 is 2.79 bits per heavy atom. The normalized spacial score (nSPS) is 10.2. The van der Waals surface area contributed by atoms with Gasteiger partial charge in [0.25, 0.3) is 0 Å². The van der Waals surface area contributed by atoms with Crippen molar-refractivity contribution in [1.29, 1.82) is 0 Å². The molecule has 0 aliphatic carbocycles. The van der Waals surface area contributed by atoms with Crippen LogP contribution in [-0.4, -0.2) is 16.4 Å². The maximum Gasteiger partial charge on any atom is 0.221 e. The molecule has 0 fully saturated rings. The van der Waals surface area contributed by atoms with Gasteiger partial charge < -0.3 is 9.84 Å². The minimum absolute atomic E-state index is 0.0295. The second-order valence-electron chi connectivity index (χ2n) is 3.02. The van der Waals surface area contributed by atoms with Crippen LogP contribution in [0.15, 0.2) is 4.52 Å². The molecule has 1 amide bonds. The third-order valence-corrected chi connectivity index (χ3v) is 2.36. The number of hydrogen-bond acceptors (Lipinski definition) is 3. The van der Waals surface area contributed by atoms with Gasteiger partial charge in [-0.2, -0.15) is 0 Å². The summed E-state index contributed by atoms with van der Waals surface area (Å²) >= 11 is 3.21. The predicted molar refractivity (Wildman–Crippen MR) is 56.2 cm³/mol. The van der Waals surface area contributed by atoms with E-state index < -0.39 is 0 Å². The Kier molecular flexibility index (Phi) is 4.13. The molecule has 1 aromatic rings. The highest BCUT2D eigenvalue weighted by molar-refractivity contribution is 9.09. The van der Waals surface area contributed by atoms with Crippen LogP contribution in [0.2, 0.25) is 0 Å². The molecule has 0 aliphatic heterocycles. The van der Waals surface area contributed by atoms with E-state index in [1.54, 1.807) is 0 Å². The van der Waals surface area contributed by atoms with Crippen LogP contribution in [-0.2, 0) is 11.3 Å². The van der Waals surface area contributed by atoms with E-state index in [0.29, 0.717) is 18.3 Å². The number of aryl methyl sites for hydroxylation is 2. The fourth-order valence-corrected chi connectivity index (χ4v) is 1.48. The molecule has 0 aromatic carbocycles. The molecule has 1 rings (SSSR count). The van der Waals surface area contributed by atoms with Crippen LogP contribution in [0.25, 0.3) is 0 Å². The topological polar surface area (TPSA) is 55.1 Å². The van der Waals surface area contributed by atoms with Gasteiger partial charge in [0.15, 0.2) is 0 Å². The predicted octanol–water partition coefficient (Wildman–Crippen LogP) is 1.69. The molecule has 0 saturated heterocycles. The van der Waals surface area contributed by atoms with Crippen LogP contribution < -0.4 is 5.32 Å². The van der Waals surface area contributed by atoms with Gasteiger partial charge >= 0.3 is 0 Å². The first-order chi connectivity index (χ1) is 6.65. The second kappa shape index (κ2) is 5.14. The summed E-state index contributed by atoms with van der Waals surface area (Å²) in [6, 6.07) is 0. The van der Waals surface area contributed by atoms with Crippen LogP contribution in [0, 0.1) is 13.8 Å². The Labute approximate surface area is 91.2 Å². The maximum atomic E-state index is 11.2. The van der Waals surface area contributed by atoms with Gasteiger partial charge in [0.1, 0.15) is 5.76 Å². The molecule has 1 N–H and O–H groups in total. The number of rotatable bonds is 4. The van der Waals surface area contributed by atoms with Gasteiger partial charge in [-0.15, -0.1) is 0 Å². The lowest BCUT2D eigenvalue weighted by Crippen LogP contribution is -2.23. The van der Waals surface area contributed by atoms with Crippen LogP contribution in [0.4, 0.5) is 0 Å². The Morgan fingerprint density at radius 1 is 1.57 bits per heavy atom. The first kappa shape index (κ1) is 11.2. The molecular formula is C9H13BrN2O2. The van der Waals surface area contributed by atoms with Crippen molar-refractivity contribution in [2.24, 2.45) is 0 Å². The molecule has 0 aliphatic rings. The Balaban J connectivity index is 2.49. The molecule has 0 radical (unpaired) electrons. The fraction of sp³-hybridized carbons (Fsp3) is 0.556. The summed E-state index contributed by atoms with van der Waals surface area (Å²) in [6.07, 6.45) is 0.489. The second-order valence-corrected chi connectivity index (χ2v) is 3.81. The molecule has 78 valence electrons. The minimum Gasteiger partial charge on any atom is -0.361 e. The molecule has 0 unspecified atom stereocenters. The van der Waals surface area contributed by atoms with Gasteiger partial charge in [0, 0.05) is 23.9 Å². The van der Waals surface area contributed by atoms with Crippen LogP contribution in [0.5, 0.6) is 0 Å². The largest absolute Gasteiger partial charge is 0.361 e. The van der Waals surface area contributed by atoms with Crippen LogP contribution >= 0.6 is 15.9 Å². The number of carbonyl (C=O) groups excluding carboxylic acids is 1. The zero-order valence-electron chi connectivity index (χ0n) is 8.26. The smallest absolute Gasteiger partial charge is 0.221 e. The van der Waals surface area contributed by atoms with Crippen molar-refractivity contribution in [2.75, 3.05) is 5.33 Å². The number of alkyl halides is 1. The molecule has 0 atom stereocenters. The molecule has 0 saturated carbocycles. The Hall–Kier alpha value is -0.840. The van der Waals surface area contributed by atoms with E-state index >= 15 is 0 Å². The Morgan fingerprint density at radius 2 is 2.29 bits per heavy atom. The number of nitrogens with one attached hydrogen (secondary N) is 1. The highest BCUT2D eigenvalue weighted by Gasteiger charge is 2.09. The number of nitrogens with zero attached hydrogens (tertiary/aromatic N) is 1. The lowest BCUT2D eigenvalue weighted by Gasteiger charge is -2.02. The summed E-state index contributed by atoms with van der Waals surface area (Å²) in [4.78, 5) is 11.2. The SMILES string of the molecule is Cc1noc(C)c1CNC(=O)CCBr. The van der Waals surface area contributed by atoms with Crippen molar-refractivity contribution in [1.82, 2.24) is 10.5 Å². The summed E-state index contributed by atoms with van der Waals surface area (Å²) < 4.78 is 4.98. The van der Waals surface area contributed by atoms with Gasteiger partial charge in [0.05, 0.1) is 5.69 Å². The van der Waals surface area contributed by atoms with Gasteiger partial charge in [0.2, 0.25) is 5.91 Å². The molecule has 5 heteroatoms. The van der Waals surface area contributed by atoms with E-state index in [0.717, 1.165) is 17.0 Å². The Bertz CT molecular complexity index is 303. The summed E-state index contributed by atoms with van der Waals surface area (Å²) in [6.45, 7) is 4.20. The third-order valence-electron chi connectivity index (χ3n) is 1.97. The molecular weight excluding hydrogens is 248 g/mol. The molecule has 14 heavy (non-hydrogen) atoms. The summed E-state index contributed by atoms with van der Waals surface area (Å²) in [5, 5.41) is 7.28. The van der Waals surface area contributed by atoms with Gasteiger partial charge in [-0.25, -0.2) is 0 Å². The molecule has 0 bridgehead atoms. The van der Waals surface area contributed by atoms with Crippen molar-refractivity contribution in [3.8, 4) is 0 Å². The van der Waals surface area contributed by atoms with Gasteiger partial charge in [-0.3, -0.25) is 4.79 Å². The summed E-state index contributed by atoms with van der Waals surface area (Å²) in [7, 11) is 0. The van der Waals surface area contributed by atoms with E-state index in [4.69, 9.17) is 4.52 Å². The van der Waals surface area contributed by atoms with E-state index in [9.17, 15) is 4.79 Å². The highest BCUT2D eigenvalue weighted by atomic mass is 79.9. The zero-order valence-corrected chi connectivity index (χ0v) is 9.85. The van der Waals surface area contributed by atoms with E-state index in [2.05, 4.69) is 26.4 Å². The first-order valence-corrected chi connectivity index (χ1v) is 5.51. The molecule has 4 nitrogen and oxygen atoms in total. The van der Waals surface area contributed by atoms with Crippen LogP contribution in [0.1, 0.15) is 23.4 Å². The van der Waals surface area contributed by atoms with Crippen molar-refractivity contribution in [2.45, 2.75) is 26.8 Å². The first-order valence-electron chi connectivity index (χ1n) is 4.39.